The van der Waals surface area contributed by atoms with Gasteiger partial charge in [0.1, 0.15) is 5.75 Å². The Bertz CT molecular complexity index is 821. The second-order valence-electron chi connectivity index (χ2n) is 7.41. The number of amides is 1. The van der Waals surface area contributed by atoms with Gasteiger partial charge in [-0.15, -0.1) is 0 Å². The van der Waals surface area contributed by atoms with Gasteiger partial charge in [-0.25, -0.2) is 0 Å². The average Bonchev–Trinajstić information content (AvgIpc) is 3.22. The summed E-state index contributed by atoms with van der Waals surface area (Å²) in [4.78, 5) is 16.9. The summed E-state index contributed by atoms with van der Waals surface area (Å²) >= 11 is 12.0. The van der Waals surface area contributed by atoms with Gasteiger partial charge in [0.05, 0.1) is 11.1 Å². The maximum absolute atomic E-state index is 12.4. The number of halogens is 2. The van der Waals surface area contributed by atoms with E-state index in [-0.39, 0.29) is 18.6 Å². The number of ether oxygens (including phenoxy) is 1. The van der Waals surface area contributed by atoms with Crippen molar-refractivity contribution in [3.63, 3.8) is 0 Å². The van der Waals surface area contributed by atoms with E-state index in [4.69, 9.17) is 27.9 Å². The third-order valence-corrected chi connectivity index (χ3v) is 5.65. The molecular weight excluding hydrogens is 409 g/mol. The van der Waals surface area contributed by atoms with Crippen LogP contribution in [0.4, 0.5) is 5.69 Å². The molecule has 1 aliphatic rings. The highest BCUT2D eigenvalue weighted by molar-refractivity contribution is 6.35. The number of anilines is 1. The molecule has 1 N–H and O–H groups in total. The number of carbonyl (C=O) groups excluding carboxylic acids is 1. The molecule has 2 aromatic carbocycles. The van der Waals surface area contributed by atoms with Crippen LogP contribution in [0.1, 0.15) is 24.4 Å². The van der Waals surface area contributed by atoms with Gasteiger partial charge < -0.3 is 15.0 Å². The van der Waals surface area contributed by atoms with Gasteiger partial charge >= 0.3 is 0 Å². The number of benzene rings is 2. The van der Waals surface area contributed by atoms with Crippen molar-refractivity contribution in [3.8, 4) is 5.75 Å². The second kappa shape index (κ2) is 10.2. The first-order valence-electron chi connectivity index (χ1n) is 9.80. The van der Waals surface area contributed by atoms with Crippen LogP contribution in [0.2, 0.25) is 10.0 Å². The first kappa shape index (κ1) is 21.8. The standard InChI is InChI=1S/C22H27Cl2N3O2/c1-26(2)18-8-5-16(6-9-18)20(27-11-3-4-12-27)14-25-22(28)15-29-21-10-7-17(23)13-19(21)24/h5-10,13,20H,3-4,11-12,14-15H2,1-2H3,(H,25,28). The summed E-state index contributed by atoms with van der Waals surface area (Å²) in [5.74, 6) is 0.270. The summed E-state index contributed by atoms with van der Waals surface area (Å²) in [5, 5.41) is 3.93. The zero-order chi connectivity index (χ0) is 20.8. The first-order valence-corrected chi connectivity index (χ1v) is 10.6. The molecule has 1 fully saturated rings. The van der Waals surface area contributed by atoms with E-state index in [9.17, 15) is 4.79 Å². The number of hydrogen-bond acceptors (Lipinski definition) is 4. The SMILES string of the molecule is CN(C)c1ccc(C(CNC(=O)COc2ccc(Cl)cc2Cl)N2CCCC2)cc1. The number of carbonyl (C=O) groups is 1. The highest BCUT2D eigenvalue weighted by Gasteiger charge is 2.24. The molecule has 1 unspecified atom stereocenters. The molecule has 1 heterocycles. The Morgan fingerprint density at radius 1 is 1.14 bits per heavy atom. The second-order valence-corrected chi connectivity index (χ2v) is 8.26. The number of likely N-dealkylation sites (tertiary alicyclic amines) is 1. The van der Waals surface area contributed by atoms with Gasteiger partial charge in [0, 0.05) is 31.4 Å². The average molecular weight is 436 g/mol. The van der Waals surface area contributed by atoms with E-state index in [0.29, 0.717) is 22.3 Å². The summed E-state index contributed by atoms with van der Waals surface area (Å²) in [6.07, 6.45) is 2.39. The lowest BCUT2D eigenvalue weighted by Crippen LogP contribution is -2.38. The Balaban J connectivity index is 1.59. The Labute approximate surface area is 182 Å². The molecule has 1 saturated heterocycles. The fourth-order valence-corrected chi connectivity index (χ4v) is 3.97. The molecule has 0 bridgehead atoms. The predicted molar refractivity (Wildman–Crippen MR) is 119 cm³/mol. The van der Waals surface area contributed by atoms with Crippen LogP contribution >= 0.6 is 23.2 Å². The Kier molecular flexibility index (Phi) is 7.64. The van der Waals surface area contributed by atoms with Crippen molar-refractivity contribution in [1.29, 1.82) is 0 Å². The molecule has 0 spiro atoms. The summed E-state index contributed by atoms with van der Waals surface area (Å²) in [5.41, 5.74) is 2.37. The van der Waals surface area contributed by atoms with Crippen LogP contribution in [0, 0.1) is 0 Å². The Morgan fingerprint density at radius 3 is 2.45 bits per heavy atom. The third kappa shape index (κ3) is 6.01. The van der Waals surface area contributed by atoms with E-state index in [1.165, 1.54) is 18.4 Å². The molecule has 0 aliphatic carbocycles. The minimum Gasteiger partial charge on any atom is -0.482 e. The Hall–Kier alpha value is -1.95. The van der Waals surface area contributed by atoms with Gasteiger partial charge in [-0.1, -0.05) is 35.3 Å². The third-order valence-electron chi connectivity index (χ3n) is 5.12. The quantitative estimate of drug-likeness (QED) is 0.667. The molecule has 156 valence electrons. The Morgan fingerprint density at radius 2 is 1.83 bits per heavy atom. The highest BCUT2D eigenvalue weighted by Crippen LogP contribution is 2.28. The van der Waals surface area contributed by atoms with E-state index in [1.54, 1.807) is 18.2 Å². The summed E-state index contributed by atoms with van der Waals surface area (Å²) < 4.78 is 5.54. The predicted octanol–water partition coefficient (Wildman–Crippen LogP) is 4.39. The number of rotatable bonds is 8. The lowest BCUT2D eigenvalue weighted by atomic mass is 10.0. The molecule has 2 aromatic rings. The normalized spacial score (nSPS) is 15.2. The van der Waals surface area contributed by atoms with Crippen LogP contribution in [-0.2, 0) is 4.79 Å². The maximum atomic E-state index is 12.4. The van der Waals surface area contributed by atoms with Crippen LogP contribution in [-0.4, -0.2) is 51.1 Å². The molecule has 1 atom stereocenters. The summed E-state index contributed by atoms with van der Waals surface area (Å²) in [6, 6.07) is 13.6. The topological polar surface area (TPSA) is 44.8 Å². The van der Waals surface area contributed by atoms with Gasteiger partial charge in [0.25, 0.3) is 5.91 Å². The summed E-state index contributed by atoms with van der Waals surface area (Å²) in [6.45, 7) is 2.55. The smallest absolute Gasteiger partial charge is 0.258 e. The monoisotopic (exact) mass is 435 g/mol. The molecule has 7 heteroatoms. The number of nitrogens with zero attached hydrogens (tertiary/aromatic N) is 2. The van der Waals surface area contributed by atoms with Crippen molar-refractivity contribution in [2.24, 2.45) is 0 Å². The van der Waals surface area contributed by atoms with Crippen molar-refractivity contribution in [1.82, 2.24) is 10.2 Å². The molecule has 0 radical (unpaired) electrons. The van der Waals surface area contributed by atoms with Crippen molar-refractivity contribution >= 4 is 34.8 Å². The van der Waals surface area contributed by atoms with Gasteiger partial charge in [-0.2, -0.15) is 0 Å². The van der Waals surface area contributed by atoms with Gasteiger partial charge in [0.15, 0.2) is 6.61 Å². The molecule has 0 aromatic heterocycles. The lowest BCUT2D eigenvalue weighted by molar-refractivity contribution is -0.123. The lowest BCUT2D eigenvalue weighted by Gasteiger charge is -2.28. The van der Waals surface area contributed by atoms with Gasteiger partial charge in [-0.3, -0.25) is 9.69 Å². The van der Waals surface area contributed by atoms with Crippen LogP contribution < -0.4 is 15.0 Å². The zero-order valence-corrected chi connectivity index (χ0v) is 18.3. The first-order chi connectivity index (χ1) is 13.9. The highest BCUT2D eigenvalue weighted by atomic mass is 35.5. The minimum absolute atomic E-state index is 0.0896. The van der Waals surface area contributed by atoms with Crippen molar-refractivity contribution < 1.29 is 9.53 Å². The molecular formula is C22H27Cl2N3O2. The van der Waals surface area contributed by atoms with Crippen molar-refractivity contribution in [3.05, 3.63) is 58.1 Å². The van der Waals surface area contributed by atoms with E-state index in [2.05, 4.69) is 39.4 Å². The number of nitrogens with one attached hydrogen (secondary N) is 1. The van der Waals surface area contributed by atoms with Crippen molar-refractivity contribution in [2.45, 2.75) is 18.9 Å². The molecule has 1 aliphatic heterocycles. The molecule has 29 heavy (non-hydrogen) atoms. The van der Waals surface area contributed by atoms with E-state index in [0.717, 1.165) is 18.8 Å². The van der Waals surface area contributed by atoms with Crippen molar-refractivity contribution in [2.75, 3.05) is 45.2 Å². The molecule has 5 nitrogen and oxygen atoms in total. The van der Waals surface area contributed by atoms with E-state index in [1.807, 2.05) is 14.1 Å². The molecule has 3 rings (SSSR count). The van der Waals surface area contributed by atoms with E-state index >= 15 is 0 Å². The zero-order valence-electron chi connectivity index (χ0n) is 16.8. The largest absolute Gasteiger partial charge is 0.482 e. The van der Waals surface area contributed by atoms with Crippen LogP contribution in [0.15, 0.2) is 42.5 Å². The minimum atomic E-state index is -0.176. The van der Waals surface area contributed by atoms with E-state index < -0.39 is 0 Å². The molecule has 0 saturated carbocycles. The maximum Gasteiger partial charge on any atom is 0.258 e. The number of hydrogen-bond donors (Lipinski definition) is 1. The summed E-state index contributed by atoms with van der Waals surface area (Å²) in [7, 11) is 4.06. The van der Waals surface area contributed by atoms with Gasteiger partial charge in [-0.05, 0) is 61.8 Å². The van der Waals surface area contributed by atoms with Crippen LogP contribution in [0.3, 0.4) is 0 Å². The van der Waals surface area contributed by atoms with Crippen LogP contribution in [0.25, 0.3) is 0 Å². The fraction of sp³-hybridized carbons (Fsp3) is 0.409. The van der Waals surface area contributed by atoms with Gasteiger partial charge in [0.2, 0.25) is 0 Å². The molecule has 1 amide bonds. The fourth-order valence-electron chi connectivity index (χ4n) is 3.50. The van der Waals surface area contributed by atoms with Crippen LogP contribution in [0.5, 0.6) is 5.75 Å².